The molecule has 4 nitrogen and oxygen atoms in total. The Balaban J connectivity index is 1.86. The summed E-state index contributed by atoms with van der Waals surface area (Å²) in [6, 6.07) is 8.76. The van der Waals surface area contributed by atoms with E-state index >= 15 is 0 Å². The SMILES string of the molecule is CN=C(NCC1CCCN(C)C1)NC(C)c1ccccc1C. The summed E-state index contributed by atoms with van der Waals surface area (Å²) < 4.78 is 0. The number of likely N-dealkylation sites (tertiary alicyclic amines) is 1. The van der Waals surface area contributed by atoms with Gasteiger partial charge in [-0.1, -0.05) is 24.3 Å². The molecule has 0 bridgehead atoms. The highest BCUT2D eigenvalue weighted by Crippen LogP contribution is 2.17. The molecule has 1 aromatic rings. The lowest BCUT2D eigenvalue weighted by molar-refractivity contribution is 0.210. The van der Waals surface area contributed by atoms with Crippen LogP contribution in [-0.2, 0) is 0 Å². The Morgan fingerprint density at radius 2 is 2.18 bits per heavy atom. The third-order valence-corrected chi connectivity index (χ3v) is 4.51. The molecule has 2 rings (SSSR count). The minimum absolute atomic E-state index is 0.251. The molecule has 1 aliphatic heterocycles. The Kier molecular flexibility index (Phi) is 6.25. The van der Waals surface area contributed by atoms with Gasteiger partial charge in [0, 0.05) is 20.1 Å². The zero-order valence-corrected chi connectivity index (χ0v) is 14.4. The number of rotatable bonds is 4. The summed E-state index contributed by atoms with van der Waals surface area (Å²) in [6.45, 7) is 7.74. The summed E-state index contributed by atoms with van der Waals surface area (Å²) in [4.78, 5) is 6.79. The molecule has 0 aliphatic carbocycles. The molecular formula is C18H30N4. The van der Waals surface area contributed by atoms with Crippen molar-refractivity contribution in [3.63, 3.8) is 0 Å². The van der Waals surface area contributed by atoms with Crippen molar-refractivity contribution in [1.82, 2.24) is 15.5 Å². The van der Waals surface area contributed by atoms with Gasteiger partial charge in [0.15, 0.2) is 5.96 Å². The number of benzene rings is 1. The molecule has 2 N–H and O–H groups in total. The van der Waals surface area contributed by atoms with Crippen LogP contribution in [-0.4, -0.2) is 44.6 Å². The normalized spacial score (nSPS) is 21.5. The maximum atomic E-state index is 4.37. The van der Waals surface area contributed by atoms with Crippen molar-refractivity contribution in [1.29, 1.82) is 0 Å². The van der Waals surface area contributed by atoms with Crippen molar-refractivity contribution < 1.29 is 0 Å². The molecule has 1 fully saturated rings. The molecule has 0 radical (unpaired) electrons. The first kappa shape index (κ1) is 16.8. The van der Waals surface area contributed by atoms with E-state index in [1.54, 1.807) is 0 Å². The van der Waals surface area contributed by atoms with E-state index in [0.29, 0.717) is 5.92 Å². The van der Waals surface area contributed by atoms with E-state index < -0.39 is 0 Å². The second-order valence-corrected chi connectivity index (χ2v) is 6.45. The lowest BCUT2D eigenvalue weighted by Gasteiger charge is -2.30. The summed E-state index contributed by atoms with van der Waals surface area (Å²) in [5.41, 5.74) is 2.63. The number of aryl methyl sites for hydroxylation is 1. The molecular weight excluding hydrogens is 272 g/mol. The molecule has 122 valence electrons. The third-order valence-electron chi connectivity index (χ3n) is 4.51. The molecule has 0 amide bonds. The lowest BCUT2D eigenvalue weighted by Crippen LogP contribution is -2.44. The van der Waals surface area contributed by atoms with Crippen molar-refractivity contribution >= 4 is 5.96 Å². The van der Waals surface area contributed by atoms with Gasteiger partial charge in [-0.05, 0) is 57.3 Å². The number of guanidine groups is 1. The first-order valence-corrected chi connectivity index (χ1v) is 8.31. The summed E-state index contributed by atoms with van der Waals surface area (Å²) in [6.07, 6.45) is 2.61. The van der Waals surface area contributed by atoms with Crippen LogP contribution >= 0.6 is 0 Å². The molecule has 4 heteroatoms. The number of nitrogens with one attached hydrogen (secondary N) is 2. The van der Waals surface area contributed by atoms with Crippen LogP contribution in [0, 0.1) is 12.8 Å². The van der Waals surface area contributed by atoms with Crippen molar-refractivity contribution in [3.05, 3.63) is 35.4 Å². The largest absolute Gasteiger partial charge is 0.356 e. The van der Waals surface area contributed by atoms with Crippen LogP contribution in [0.25, 0.3) is 0 Å². The monoisotopic (exact) mass is 302 g/mol. The third kappa shape index (κ3) is 4.73. The second-order valence-electron chi connectivity index (χ2n) is 6.45. The van der Waals surface area contributed by atoms with Crippen molar-refractivity contribution in [3.8, 4) is 0 Å². The summed E-state index contributed by atoms with van der Waals surface area (Å²) in [7, 11) is 4.05. The Labute approximate surface area is 135 Å². The fraction of sp³-hybridized carbons (Fsp3) is 0.611. The minimum Gasteiger partial charge on any atom is -0.356 e. The number of hydrogen-bond donors (Lipinski definition) is 2. The average molecular weight is 302 g/mol. The molecule has 1 heterocycles. The smallest absolute Gasteiger partial charge is 0.191 e. The topological polar surface area (TPSA) is 39.7 Å². The average Bonchev–Trinajstić information content (AvgIpc) is 2.51. The Bertz CT molecular complexity index is 498. The van der Waals surface area contributed by atoms with Gasteiger partial charge in [0.25, 0.3) is 0 Å². The van der Waals surface area contributed by atoms with E-state index in [1.807, 2.05) is 7.05 Å². The van der Waals surface area contributed by atoms with Crippen LogP contribution < -0.4 is 10.6 Å². The first-order valence-electron chi connectivity index (χ1n) is 8.31. The molecule has 1 aliphatic rings. The Hall–Kier alpha value is -1.55. The zero-order chi connectivity index (χ0) is 15.9. The van der Waals surface area contributed by atoms with Crippen LogP contribution in [0.3, 0.4) is 0 Å². The molecule has 0 saturated carbocycles. The minimum atomic E-state index is 0.251. The van der Waals surface area contributed by atoms with Gasteiger partial charge < -0.3 is 15.5 Å². The number of hydrogen-bond acceptors (Lipinski definition) is 2. The molecule has 1 saturated heterocycles. The van der Waals surface area contributed by atoms with Crippen LogP contribution in [0.4, 0.5) is 0 Å². The van der Waals surface area contributed by atoms with Crippen LogP contribution in [0.5, 0.6) is 0 Å². The van der Waals surface area contributed by atoms with Crippen molar-refractivity contribution in [2.45, 2.75) is 32.7 Å². The first-order chi connectivity index (χ1) is 10.6. The van der Waals surface area contributed by atoms with Crippen LogP contribution in [0.15, 0.2) is 29.3 Å². The van der Waals surface area contributed by atoms with Gasteiger partial charge in [0.05, 0.1) is 6.04 Å². The lowest BCUT2D eigenvalue weighted by atomic mass is 9.98. The van der Waals surface area contributed by atoms with Gasteiger partial charge >= 0.3 is 0 Å². The predicted octanol–water partition coefficient (Wildman–Crippen LogP) is 2.56. The van der Waals surface area contributed by atoms with E-state index in [2.05, 4.69) is 65.7 Å². The van der Waals surface area contributed by atoms with E-state index in [9.17, 15) is 0 Å². The Morgan fingerprint density at radius 3 is 2.86 bits per heavy atom. The maximum absolute atomic E-state index is 4.37. The van der Waals surface area contributed by atoms with Crippen LogP contribution in [0.1, 0.15) is 36.9 Å². The number of aliphatic imine (C=N–C) groups is 1. The molecule has 2 atom stereocenters. The van der Waals surface area contributed by atoms with Crippen molar-refractivity contribution in [2.24, 2.45) is 10.9 Å². The standard InChI is InChI=1S/C18H30N4/c1-14-8-5-6-10-17(14)15(2)21-18(19-3)20-12-16-9-7-11-22(4)13-16/h5-6,8,10,15-16H,7,9,11-13H2,1-4H3,(H2,19,20,21). The van der Waals surface area contributed by atoms with E-state index in [4.69, 9.17) is 0 Å². The highest BCUT2D eigenvalue weighted by molar-refractivity contribution is 5.80. The second kappa shape index (κ2) is 8.18. The summed E-state index contributed by atoms with van der Waals surface area (Å²) >= 11 is 0. The predicted molar refractivity (Wildman–Crippen MR) is 94.3 cm³/mol. The highest BCUT2D eigenvalue weighted by atomic mass is 15.2. The Morgan fingerprint density at radius 1 is 1.41 bits per heavy atom. The molecule has 0 spiro atoms. The molecule has 1 aromatic carbocycles. The highest BCUT2D eigenvalue weighted by Gasteiger charge is 2.17. The zero-order valence-electron chi connectivity index (χ0n) is 14.4. The van der Waals surface area contributed by atoms with Gasteiger partial charge in [-0.25, -0.2) is 0 Å². The number of piperidine rings is 1. The number of nitrogens with zero attached hydrogens (tertiary/aromatic N) is 2. The molecule has 22 heavy (non-hydrogen) atoms. The summed E-state index contributed by atoms with van der Waals surface area (Å²) in [5.74, 6) is 1.61. The van der Waals surface area contributed by atoms with E-state index in [1.165, 1.54) is 37.1 Å². The quantitative estimate of drug-likeness (QED) is 0.663. The molecule has 2 unspecified atom stereocenters. The summed E-state index contributed by atoms with van der Waals surface area (Å²) in [5, 5.41) is 6.99. The fourth-order valence-corrected chi connectivity index (χ4v) is 3.23. The van der Waals surface area contributed by atoms with Gasteiger partial charge in [-0.2, -0.15) is 0 Å². The fourth-order valence-electron chi connectivity index (χ4n) is 3.23. The molecule has 0 aromatic heterocycles. The van der Waals surface area contributed by atoms with E-state index in [0.717, 1.165) is 12.5 Å². The van der Waals surface area contributed by atoms with Gasteiger partial charge in [0.2, 0.25) is 0 Å². The van der Waals surface area contributed by atoms with Gasteiger partial charge in [-0.15, -0.1) is 0 Å². The van der Waals surface area contributed by atoms with E-state index in [-0.39, 0.29) is 6.04 Å². The van der Waals surface area contributed by atoms with Gasteiger partial charge in [-0.3, -0.25) is 4.99 Å². The van der Waals surface area contributed by atoms with Crippen molar-refractivity contribution in [2.75, 3.05) is 33.7 Å². The van der Waals surface area contributed by atoms with Gasteiger partial charge in [0.1, 0.15) is 0 Å². The maximum Gasteiger partial charge on any atom is 0.191 e. The van der Waals surface area contributed by atoms with Crippen LogP contribution in [0.2, 0.25) is 0 Å².